The van der Waals surface area contributed by atoms with Crippen molar-refractivity contribution in [3.8, 4) is 0 Å². The summed E-state index contributed by atoms with van der Waals surface area (Å²) in [6.07, 6.45) is 6.19. The van der Waals surface area contributed by atoms with Gasteiger partial charge in [-0.05, 0) is 69.6 Å². The fourth-order valence-electron chi connectivity index (χ4n) is 5.03. The Kier molecular flexibility index (Phi) is 5.00. The maximum Gasteiger partial charge on any atom is 0.333 e. The van der Waals surface area contributed by atoms with Crippen LogP contribution in [-0.2, 0) is 23.8 Å². The molecule has 4 aliphatic rings. The number of hydrogen-bond donors (Lipinski definition) is 0. The van der Waals surface area contributed by atoms with Crippen molar-refractivity contribution in [2.75, 3.05) is 19.8 Å². The van der Waals surface area contributed by atoms with Crippen LogP contribution in [0.25, 0.3) is 0 Å². The molecule has 0 aromatic carbocycles. The second-order valence-corrected chi connectivity index (χ2v) is 7.93. The summed E-state index contributed by atoms with van der Waals surface area (Å²) in [5.74, 6) is 1.96. The van der Waals surface area contributed by atoms with Crippen molar-refractivity contribution in [2.45, 2.75) is 51.6 Å². The summed E-state index contributed by atoms with van der Waals surface area (Å²) in [6, 6.07) is 0. The molecule has 4 saturated carbocycles. The first kappa shape index (κ1) is 17.5. The molecule has 4 aliphatic carbocycles. The van der Waals surface area contributed by atoms with Gasteiger partial charge in [0.1, 0.15) is 18.8 Å². The van der Waals surface area contributed by atoms with E-state index in [4.69, 9.17) is 14.2 Å². The van der Waals surface area contributed by atoms with Gasteiger partial charge in [0, 0.05) is 5.57 Å². The Balaban J connectivity index is 1.40. The summed E-state index contributed by atoms with van der Waals surface area (Å²) in [6.45, 7) is 7.42. The van der Waals surface area contributed by atoms with Crippen molar-refractivity contribution in [3.05, 3.63) is 12.2 Å². The molecule has 4 rings (SSSR count). The largest absolute Gasteiger partial charge is 0.460 e. The lowest BCUT2D eigenvalue weighted by Crippen LogP contribution is -2.58. The average Bonchev–Trinajstić information content (AvgIpc) is 2.51. The van der Waals surface area contributed by atoms with Crippen molar-refractivity contribution in [1.29, 1.82) is 0 Å². The zero-order chi connectivity index (χ0) is 17.3. The smallest absolute Gasteiger partial charge is 0.333 e. The van der Waals surface area contributed by atoms with Crippen LogP contribution >= 0.6 is 0 Å². The second-order valence-electron chi connectivity index (χ2n) is 7.93. The van der Waals surface area contributed by atoms with Crippen LogP contribution < -0.4 is 0 Å². The van der Waals surface area contributed by atoms with Gasteiger partial charge in [0.05, 0.1) is 6.61 Å². The number of carbonyl (C=O) groups is 2. The van der Waals surface area contributed by atoms with Crippen molar-refractivity contribution in [3.63, 3.8) is 0 Å². The van der Waals surface area contributed by atoms with E-state index in [0.29, 0.717) is 17.4 Å². The minimum atomic E-state index is -0.442. The Labute approximate surface area is 143 Å². The van der Waals surface area contributed by atoms with E-state index in [-0.39, 0.29) is 31.4 Å². The van der Waals surface area contributed by atoms with Gasteiger partial charge in [-0.15, -0.1) is 0 Å². The van der Waals surface area contributed by atoms with E-state index < -0.39 is 5.97 Å². The van der Waals surface area contributed by atoms with Crippen molar-refractivity contribution in [2.24, 2.45) is 23.7 Å². The monoisotopic (exact) mass is 336 g/mol. The molecular weight excluding hydrogens is 308 g/mol. The van der Waals surface area contributed by atoms with Crippen LogP contribution in [0.5, 0.6) is 0 Å². The summed E-state index contributed by atoms with van der Waals surface area (Å²) in [4.78, 5) is 23.4. The third-order valence-corrected chi connectivity index (χ3v) is 6.12. The Hall–Kier alpha value is -1.36. The van der Waals surface area contributed by atoms with Gasteiger partial charge in [-0.2, -0.15) is 0 Å². The predicted molar refractivity (Wildman–Crippen MR) is 88.1 cm³/mol. The highest BCUT2D eigenvalue weighted by atomic mass is 16.6. The molecule has 0 aliphatic heterocycles. The van der Waals surface area contributed by atoms with Crippen LogP contribution in [0, 0.1) is 23.7 Å². The molecule has 5 heteroatoms. The van der Waals surface area contributed by atoms with Crippen LogP contribution in [-0.4, -0.2) is 37.4 Å². The molecule has 134 valence electrons. The second kappa shape index (κ2) is 6.87. The summed E-state index contributed by atoms with van der Waals surface area (Å²) in [5.41, 5.74) is 0.0320. The molecule has 0 aromatic rings. The van der Waals surface area contributed by atoms with Crippen LogP contribution in [0.2, 0.25) is 0 Å². The fraction of sp³-hybridized carbons (Fsp3) is 0.789. The molecule has 24 heavy (non-hydrogen) atoms. The molecule has 0 heterocycles. The van der Waals surface area contributed by atoms with Crippen molar-refractivity contribution in [1.82, 2.24) is 0 Å². The van der Waals surface area contributed by atoms with E-state index in [1.807, 2.05) is 0 Å². The molecule has 0 atom stereocenters. The van der Waals surface area contributed by atoms with Gasteiger partial charge < -0.3 is 14.2 Å². The molecule has 0 radical (unpaired) electrons. The molecule has 0 spiro atoms. The third kappa shape index (κ3) is 3.51. The van der Waals surface area contributed by atoms with Gasteiger partial charge in [-0.1, -0.05) is 6.58 Å². The van der Waals surface area contributed by atoms with Crippen LogP contribution in [0.1, 0.15) is 46.0 Å². The summed E-state index contributed by atoms with van der Waals surface area (Å²) < 4.78 is 16.1. The van der Waals surface area contributed by atoms with E-state index in [9.17, 15) is 9.59 Å². The number of hydrogen-bond acceptors (Lipinski definition) is 5. The van der Waals surface area contributed by atoms with Crippen LogP contribution in [0.4, 0.5) is 0 Å². The number of rotatable bonds is 7. The quantitative estimate of drug-likeness (QED) is 0.406. The molecule has 0 N–H and O–H groups in total. The summed E-state index contributed by atoms with van der Waals surface area (Å²) in [7, 11) is 0. The van der Waals surface area contributed by atoms with E-state index in [1.54, 1.807) is 6.92 Å². The Bertz CT molecular complexity index is 496. The number of ether oxygens (including phenoxy) is 3. The highest BCUT2D eigenvalue weighted by Crippen LogP contribution is 2.59. The zero-order valence-electron chi connectivity index (χ0n) is 14.7. The molecule has 0 amide bonds. The maximum absolute atomic E-state index is 12.2. The van der Waals surface area contributed by atoms with Crippen molar-refractivity contribution >= 4 is 11.9 Å². The van der Waals surface area contributed by atoms with E-state index in [1.165, 1.54) is 32.1 Å². The molecule has 0 saturated heterocycles. The Morgan fingerprint density at radius 2 is 1.62 bits per heavy atom. The third-order valence-electron chi connectivity index (χ3n) is 6.12. The zero-order valence-corrected chi connectivity index (χ0v) is 14.7. The highest BCUT2D eigenvalue weighted by Gasteiger charge is 2.56. The predicted octanol–water partition coefficient (Wildman–Crippen LogP) is 2.88. The first-order valence-electron chi connectivity index (χ1n) is 9.00. The lowest BCUT2D eigenvalue weighted by molar-refractivity contribution is -0.206. The average molecular weight is 336 g/mol. The topological polar surface area (TPSA) is 61.8 Å². The summed E-state index contributed by atoms with van der Waals surface area (Å²) >= 11 is 0. The highest BCUT2D eigenvalue weighted by molar-refractivity contribution is 5.86. The van der Waals surface area contributed by atoms with Gasteiger partial charge in [-0.25, -0.2) is 9.59 Å². The van der Waals surface area contributed by atoms with Gasteiger partial charge in [0.2, 0.25) is 0 Å². The van der Waals surface area contributed by atoms with E-state index in [2.05, 4.69) is 13.5 Å². The molecule has 4 fully saturated rings. The standard InChI is InChI=1S/C19H28O5/c1-12(2)18(21)23-5-4-22-11-17(20)24-19(3)15-7-13-6-14(9-15)10-16(19)8-13/h13-16H,1,4-11H2,2-3H3. The number of esters is 2. The van der Waals surface area contributed by atoms with Crippen LogP contribution in [0.3, 0.4) is 0 Å². The normalized spacial score (nSPS) is 36.4. The molecule has 5 nitrogen and oxygen atoms in total. The van der Waals surface area contributed by atoms with E-state index >= 15 is 0 Å². The van der Waals surface area contributed by atoms with Crippen molar-refractivity contribution < 1.29 is 23.8 Å². The van der Waals surface area contributed by atoms with Gasteiger partial charge in [0.25, 0.3) is 0 Å². The van der Waals surface area contributed by atoms with Gasteiger partial charge in [0.15, 0.2) is 0 Å². The van der Waals surface area contributed by atoms with Crippen LogP contribution in [0.15, 0.2) is 12.2 Å². The first-order valence-corrected chi connectivity index (χ1v) is 9.00. The van der Waals surface area contributed by atoms with Gasteiger partial charge >= 0.3 is 11.9 Å². The molecule has 0 unspecified atom stereocenters. The lowest BCUT2D eigenvalue weighted by Gasteiger charge is -2.59. The summed E-state index contributed by atoms with van der Waals surface area (Å²) in [5, 5.41) is 0. The maximum atomic E-state index is 12.2. The van der Waals surface area contributed by atoms with Gasteiger partial charge in [-0.3, -0.25) is 0 Å². The fourth-order valence-corrected chi connectivity index (χ4v) is 5.03. The minimum absolute atomic E-state index is 0.0908. The molecule has 4 bridgehead atoms. The lowest BCUT2D eigenvalue weighted by atomic mass is 9.50. The molecular formula is C19H28O5. The van der Waals surface area contributed by atoms with E-state index in [0.717, 1.165) is 11.8 Å². The Morgan fingerprint density at radius 3 is 2.17 bits per heavy atom. The minimum Gasteiger partial charge on any atom is -0.460 e. The number of carbonyl (C=O) groups excluding carboxylic acids is 2. The first-order chi connectivity index (χ1) is 11.4. The SMILES string of the molecule is C=C(C)C(=O)OCCOCC(=O)OC1(C)C2CC3CC(C2)CC1C3. The molecule has 0 aromatic heterocycles. The Morgan fingerprint density at radius 1 is 1.04 bits per heavy atom.